The van der Waals surface area contributed by atoms with Gasteiger partial charge in [0.15, 0.2) is 0 Å². The second-order valence-corrected chi connectivity index (χ2v) is 8.30. The lowest BCUT2D eigenvalue weighted by molar-refractivity contribution is -0.115. The zero-order chi connectivity index (χ0) is 20.8. The van der Waals surface area contributed by atoms with Crippen molar-refractivity contribution in [2.24, 2.45) is 0 Å². The summed E-state index contributed by atoms with van der Waals surface area (Å²) in [6.07, 6.45) is 0.227. The van der Waals surface area contributed by atoms with Crippen LogP contribution in [-0.2, 0) is 4.79 Å². The maximum absolute atomic E-state index is 12.2. The summed E-state index contributed by atoms with van der Waals surface area (Å²) >= 11 is 19.3. The highest BCUT2D eigenvalue weighted by Gasteiger charge is 2.11. The van der Waals surface area contributed by atoms with Crippen molar-refractivity contribution in [1.29, 1.82) is 5.26 Å². The third kappa shape index (κ3) is 5.88. The number of nitrogens with one attached hydrogen (secondary N) is 1. The van der Waals surface area contributed by atoms with E-state index in [1.54, 1.807) is 42.5 Å². The van der Waals surface area contributed by atoms with Gasteiger partial charge in [-0.1, -0.05) is 46.9 Å². The summed E-state index contributed by atoms with van der Waals surface area (Å²) in [5.74, 6) is 0.254. The molecule has 0 unspecified atom stereocenters. The molecule has 4 nitrogen and oxygen atoms in total. The predicted octanol–water partition coefficient (Wildman–Crippen LogP) is 6.70. The van der Waals surface area contributed by atoms with E-state index in [9.17, 15) is 10.1 Å². The van der Waals surface area contributed by atoms with Crippen molar-refractivity contribution in [2.75, 3.05) is 11.1 Å². The molecular weight excluding hydrogens is 449 g/mol. The number of halogens is 3. The van der Waals surface area contributed by atoms with Gasteiger partial charge in [0, 0.05) is 27.8 Å². The van der Waals surface area contributed by atoms with Gasteiger partial charge in [0.25, 0.3) is 0 Å². The number of anilines is 1. The molecule has 2 aromatic carbocycles. The third-order valence-electron chi connectivity index (χ3n) is 3.89. The van der Waals surface area contributed by atoms with Crippen molar-refractivity contribution in [3.8, 4) is 17.3 Å². The zero-order valence-corrected chi connectivity index (χ0v) is 18.0. The summed E-state index contributed by atoms with van der Waals surface area (Å²) in [6, 6.07) is 17.8. The molecule has 0 saturated carbocycles. The number of thioether (sulfide) groups is 1. The molecule has 0 aliphatic heterocycles. The van der Waals surface area contributed by atoms with Crippen LogP contribution >= 0.6 is 46.6 Å². The summed E-state index contributed by atoms with van der Waals surface area (Å²) in [5, 5.41) is 14.2. The van der Waals surface area contributed by atoms with Gasteiger partial charge in [-0.25, -0.2) is 4.98 Å². The Hall–Kier alpha value is -2.23. The van der Waals surface area contributed by atoms with E-state index in [1.807, 2.05) is 12.1 Å². The SMILES string of the molecule is N#Cc1ccc(-c2ccc(Cl)cc2)nc1SCCC(=O)Nc1cc(Cl)ccc1Cl. The maximum Gasteiger partial charge on any atom is 0.225 e. The Kier molecular flexibility index (Phi) is 7.40. The third-order valence-corrected chi connectivity index (χ3v) is 5.70. The number of nitrogens with zero attached hydrogens (tertiary/aromatic N) is 2. The fraction of sp³-hybridized carbons (Fsp3) is 0.0952. The lowest BCUT2D eigenvalue weighted by Crippen LogP contribution is -2.12. The van der Waals surface area contributed by atoms with Crippen LogP contribution in [0.3, 0.4) is 0 Å². The molecule has 0 spiro atoms. The van der Waals surface area contributed by atoms with Crippen molar-refractivity contribution in [3.05, 3.63) is 75.2 Å². The molecule has 1 amide bonds. The number of carbonyl (C=O) groups is 1. The van der Waals surface area contributed by atoms with Crippen LogP contribution in [0.1, 0.15) is 12.0 Å². The smallest absolute Gasteiger partial charge is 0.225 e. The second-order valence-electron chi connectivity index (χ2n) is 5.94. The molecule has 1 N–H and O–H groups in total. The van der Waals surface area contributed by atoms with Crippen molar-refractivity contribution < 1.29 is 4.79 Å². The van der Waals surface area contributed by atoms with Crippen LogP contribution < -0.4 is 5.32 Å². The molecule has 29 heavy (non-hydrogen) atoms. The molecular formula is C21H14Cl3N3OS. The minimum atomic E-state index is -0.200. The predicted molar refractivity (Wildman–Crippen MR) is 120 cm³/mol. The van der Waals surface area contributed by atoms with E-state index >= 15 is 0 Å². The number of hydrogen-bond acceptors (Lipinski definition) is 4. The number of pyridine rings is 1. The zero-order valence-electron chi connectivity index (χ0n) is 15.0. The molecule has 0 bridgehead atoms. The number of rotatable bonds is 6. The molecule has 0 radical (unpaired) electrons. The van der Waals surface area contributed by atoms with Crippen LogP contribution in [0.5, 0.6) is 0 Å². The molecule has 0 aliphatic carbocycles. The van der Waals surface area contributed by atoms with E-state index in [0.29, 0.717) is 37.1 Å². The lowest BCUT2D eigenvalue weighted by Gasteiger charge is -2.09. The Morgan fingerprint density at radius 3 is 2.48 bits per heavy atom. The standard InChI is InChI=1S/C21H14Cl3N3OS/c22-15-4-1-13(2-5-15)18-8-3-14(12-25)21(27-18)29-10-9-20(28)26-19-11-16(23)6-7-17(19)24/h1-8,11H,9-10H2,(H,26,28). The summed E-state index contributed by atoms with van der Waals surface area (Å²) in [5.41, 5.74) is 2.56. The normalized spacial score (nSPS) is 10.4. The molecule has 0 aliphatic rings. The number of carbonyl (C=O) groups excluding carboxylic acids is 1. The van der Waals surface area contributed by atoms with E-state index < -0.39 is 0 Å². The Bertz CT molecular complexity index is 1080. The maximum atomic E-state index is 12.2. The summed E-state index contributed by atoms with van der Waals surface area (Å²) in [6.45, 7) is 0. The Labute approximate surface area is 187 Å². The topological polar surface area (TPSA) is 65.8 Å². The number of nitriles is 1. The van der Waals surface area contributed by atoms with Crippen molar-refractivity contribution in [2.45, 2.75) is 11.4 Å². The van der Waals surface area contributed by atoms with E-state index in [-0.39, 0.29) is 12.3 Å². The monoisotopic (exact) mass is 461 g/mol. The van der Waals surface area contributed by atoms with Crippen molar-refractivity contribution in [3.63, 3.8) is 0 Å². The highest BCUT2D eigenvalue weighted by molar-refractivity contribution is 7.99. The van der Waals surface area contributed by atoms with Crippen molar-refractivity contribution in [1.82, 2.24) is 4.98 Å². The van der Waals surface area contributed by atoms with Gasteiger partial charge in [-0.2, -0.15) is 5.26 Å². The molecule has 1 aromatic heterocycles. The largest absolute Gasteiger partial charge is 0.325 e. The quantitative estimate of drug-likeness (QED) is 0.414. The van der Waals surface area contributed by atoms with Crippen LogP contribution in [0.25, 0.3) is 11.3 Å². The molecule has 3 aromatic rings. The van der Waals surface area contributed by atoms with Gasteiger partial charge >= 0.3 is 0 Å². The second kappa shape index (κ2) is 10.00. The lowest BCUT2D eigenvalue weighted by atomic mass is 10.1. The first-order chi connectivity index (χ1) is 14.0. The number of amides is 1. The Balaban J connectivity index is 1.65. The van der Waals surface area contributed by atoms with E-state index in [4.69, 9.17) is 34.8 Å². The fourth-order valence-corrected chi connectivity index (χ4v) is 3.84. The summed E-state index contributed by atoms with van der Waals surface area (Å²) in [7, 11) is 0. The first-order valence-electron chi connectivity index (χ1n) is 8.51. The molecule has 0 fully saturated rings. The highest BCUT2D eigenvalue weighted by atomic mass is 35.5. The van der Waals surface area contributed by atoms with E-state index in [0.717, 1.165) is 11.3 Å². The molecule has 1 heterocycles. The first kappa shape index (κ1) is 21.5. The molecule has 8 heteroatoms. The fourth-order valence-electron chi connectivity index (χ4n) is 2.46. The highest BCUT2D eigenvalue weighted by Crippen LogP contribution is 2.28. The van der Waals surface area contributed by atoms with Gasteiger partial charge in [-0.3, -0.25) is 4.79 Å². The summed E-state index contributed by atoms with van der Waals surface area (Å²) < 4.78 is 0. The molecule has 3 rings (SSSR count). The minimum Gasteiger partial charge on any atom is -0.325 e. The van der Waals surface area contributed by atoms with E-state index in [1.165, 1.54) is 11.8 Å². The minimum absolute atomic E-state index is 0.200. The molecule has 146 valence electrons. The van der Waals surface area contributed by atoms with Crippen LogP contribution in [0.2, 0.25) is 15.1 Å². The van der Waals surface area contributed by atoms with Gasteiger partial charge in [-0.05, 0) is 42.5 Å². The van der Waals surface area contributed by atoms with Gasteiger partial charge in [0.2, 0.25) is 5.91 Å². The van der Waals surface area contributed by atoms with E-state index in [2.05, 4.69) is 16.4 Å². The van der Waals surface area contributed by atoms with Gasteiger partial charge in [0.05, 0.1) is 22.0 Å². The van der Waals surface area contributed by atoms with Crippen molar-refractivity contribution >= 4 is 58.2 Å². The average Bonchev–Trinajstić information content (AvgIpc) is 2.71. The molecule has 0 atom stereocenters. The number of benzene rings is 2. The molecule has 0 saturated heterocycles. The summed E-state index contributed by atoms with van der Waals surface area (Å²) in [4.78, 5) is 16.8. The Morgan fingerprint density at radius 2 is 1.76 bits per heavy atom. The average molecular weight is 463 g/mol. The van der Waals surface area contributed by atoms with Crippen LogP contribution in [0.15, 0.2) is 59.6 Å². The van der Waals surface area contributed by atoms with Gasteiger partial charge < -0.3 is 5.32 Å². The number of hydrogen-bond donors (Lipinski definition) is 1. The number of aromatic nitrogens is 1. The first-order valence-corrected chi connectivity index (χ1v) is 10.6. The van der Waals surface area contributed by atoms with Gasteiger partial charge in [0.1, 0.15) is 11.1 Å². The van der Waals surface area contributed by atoms with Gasteiger partial charge in [-0.15, -0.1) is 11.8 Å². The Morgan fingerprint density at radius 1 is 1.03 bits per heavy atom. The van der Waals surface area contributed by atoms with Crippen LogP contribution in [0, 0.1) is 11.3 Å². The van der Waals surface area contributed by atoms with Crippen LogP contribution in [0.4, 0.5) is 5.69 Å². The van der Waals surface area contributed by atoms with Crippen LogP contribution in [-0.4, -0.2) is 16.6 Å².